The van der Waals surface area contributed by atoms with Crippen LogP contribution < -0.4 is 5.32 Å². The van der Waals surface area contributed by atoms with Crippen LogP contribution in [0.3, 0.4) is 0 Å². The van der Waals surface area contributed by atoms with Crippen LogP contribution in [-0.4, -0.2) is 29.1 Å². The van der Waals surface area contributed by atoms with Crippen molar-refractivity contribution >= 4 is 11.9 Å². The van der Waals surface area contributed by atoms with E-state index in [9.17, 15) is 9.59 Å². The van der Waals surface area contributed by atoms with Crippen molar-refractivity contribution in [3.63, 3.8) is 0 Å². The topological polar surface area (TPSA) is 58.6 Å². The maximum absolute atomic E-state index is 11.3. The lowest BCUT2D eigenvalue weighted by Crippen LogP contribution is -2.40. The zero-order valence-corrected chi connectivity index (χ0v) is 7.38. The number of hydroxylamine groups is 2. The summed E-state index contributed by atoms with van der Waals surface area (Å²) in [5.41, 5.74) is -0.841. The number of nitrogens with zero attached hydrogens (tertiary/aromatic N) is 1. The van der Waals surface area contributed by atoms with Crippen molar-refractivity contribution in [1.29, 1.82) is 0 Å². The van der Waals surface area contributed by atoms with Crippen LogP contribution in [0.1, 0.15) is 20.8 Å². The van der Waals surface area contributed by atoms with Crippen LogP contribution >= 0.6 is 0 Å². The summed E-state index contributed by atoms with van der Waals surface area (Å²) in [6.07, 6.45) is 0. The Morgan fingerprint density at radius 2 is 2.08 bits per heavy atom. The monoisotopic (exact) mass is 172 g/mol. The van der Waals surface area contributed by atoms with E-state index >= 15 is 0 Å². The molecular formula is C7H12N2O3. The first-order valence-corrected chi connectivity index (χ1v) is 3.78. The predicted octanol–water partition coefficient (Wildman–Crippen LogP) is 0.268. The lowest BCUT2D eigenvalue weighted by atomic mass is 10.1. The molecule has 5 heteroatoms. The molecule has 0 aliphatic carbocycles. The van der Waals surface area contributed by atoms with Crippen molar-refractivity contribution in [2.75, 3.05) is 6.61 Å². The summed E-state index contributed by atoms with van der Waals surface area (Å²) < 4.78 is 0. The number of nitrogens with one attached hydrogen (secondary N) is 1. The molecule has 1 aliphatic rings. The Bertz CT molecular complexity index is 225. The average molecular weight is 172 g/mol. The van der Waals surface area contributed by atoms with E-state index in [2.05, 4.69) is 5.32 Å². The van der Waals surface area contributed by atoms with Crippen LogP contribution in [0.25, 0.3) is 0 Å². The number of carbonyl (C=O) groups is 2. The molecular weight excluding hydrogens is 160 g/mol. The highest BCUT2D eigenvalue weighted by atomic mass is 16.7. The third kappa shape index (κ3) is 1.27. The smallest absolute Gasteiger partial charge is 0.322 e. The van der Waals surface area contributed by atoms with Gasteiger partial charge < -0.3 is 5.32 Å². The van der Waals surface area contributed by atoms with E-state index in [4.69, 9.17) is 4.84 Å². The van der Waals surface area contributed by atoms with Gasteiger partial charge in [-0.05, 0) is 20.8 Å². The molecule has 0 aromatic rings. The first-order valence-electron chi connectivity index (χ1n) is 3.78. The number of carbonyl (C=O) groups excluding carboxylic acids is 2. The summed E-state index contributed by atoms with van der Waals surface area (Å²) in [4.78, 5) is 27.2. The van der Waals surface area contributed by atoms with Crippen LogP contribution in [0.15, 0.2) is 0 Å². The highest BCUT2D eigenvalue weighted by Gasteiger charge is 2.45. The van der Waals surface area contributed by atoms with Crippen LogP contribution in [0, 0.1) is 0 Å². The Labute approximate surface area is 70.6 Å². The molecule has 3 amide bonds. The summed E-state index contributed by atoms with van der Waals surface area (Å²) in [5.74, 6) is -0.352. The van der Waals surface area contributed by atoms with Crippen LogP contribution in [0.2, 0.25) is 0 Å². The van der Waals surface area contributed by atoms with Crippen LogP contribution in [0.5, 0.6) is 0 Å². The van der Waals surface area contributed by atoms with Gasteiger partial charge >= 0.3 is 6.03 Å². The number of hydrogen-bond donors (Lipinski definition) is 1. The first-order chi connectivity index (χ1) is 5.49. The molecule has 1 saturated heterocycles. The highest BCUT2D eigenvalue weighted by molar-refractivity contribution is 6.05. The standard InChI is InChI=1S/C7H12N2O3/c1-4-12-9-5(10)7(2,3)8-6(9)11/h4H2,1-3H3,(H,8,11). The lowest BCUT2D eigenvalue weighted by Gasteiger charge is -2.14. The summed E-state index contributed by atoms with van der Waals surface area (Å²) in [6, 6.07) is -0.494. The molecule has 0 radical (unpaired) electrons. The Morgan fingerprint density at radius 3 is 2.42 bits per heavy atom. The van der Waals surface area contributed by atoms with E-state index in [1.165, 1.54) is 0 Å². The second-order valence-corrected chi connectivity index (χ2v) is 3.07. The number of imide groups is 1. The fourth-order valence-corrected chi connectivity index (χ4v) is 0.964. The molecule has 0 aromatic carbocycles. The fraction of sp³-hybridized carbons (Fsp3) is 0.714. The second-order valence-electron chi connectivity index (χ2n) is 3.07. The van der Waals surface area contributed by atoms with Gasteiger partial charge in [0.05, 0.1) is 6.61 Å². The van der Waals surface area contributed by atoms with E-state index in [0.29, 0.717) is 6.61 Å². The summed E-state index contributed by atoms with van der Waals surface area (Å²) >= 11 is 0. The molecule has 68 valence electrons. The van der Waals surface area contributed by atoms with Gasteiger partial charge in [-0.1, -0.05) is 0 Å². The number of rotatable bonds is 2. The van der Waals surface area contributed by atoms with Gasteiger partial charge in [0, 0.05) is 0 Å². The van der Waals surface area contributed by atoms with Gasteiger partial charge in [-0.2, -0.15) is 0 Å². The van der Waals surface area contributed by atoms with Crippen molar-refractivity contribution in [3.8, 4) is 0 Å². The van der Waals surface area contributed by atoms with E-state index < -0.39 is 11.6 Å². The van der Waals surface area contributed by atoms with Gasteiger partial charge in [0.25, 0.3) is 5.91 Å². The van der Waals surface area contributed by atoms with Crippen molar-refractivity contribution in [3.05, 3.63) is 0 Å². The van der Waals surface area contributed by atoms with Crippen molar-refractivity contribution in [1.82, 2.24) is 10.4 Å². The quantitative estimate of drug-likeness (QED) is 0.608. The van der Waals surface area contributed by atoms with Gasteiger partial charge in [0.2, 0.25) is 0 Å². The van der Waals surface area contributed by atoms with E-state index in [-0.39, 0.29) is 5.91 Å². The third-order valence-corrected chi connectivity index (χ3v) is 1.58. The number of amides is 3. The van der Waals surface area contributed by atoms with Gasteiger partial charge in [-0.15, -0.1) is 5.06 Å². The van der Waals surface area contributed by atoms with Gasteiger partial charge in [0.1, 0.15) is 5.54 Å². The average Bonchev–Trinajstić information content (AvgIpc) is 2.13. The molecule has 12 heavy (non-hydrogen) atoms. The SMILES string of the molecule is CCON1C(=O)NC(C)(C)C1=O. The van der Waals surface area contributed by atoms with Gasteiger partial charge in [0.15, 0.2) is 0 Å². The highest BCUT2D eigenvalue weighted by Crippen LogP contribution is 2.16. The van der Waals surface area contributed by atoms with E-state index in [0.717, 1.165) is 5.06 Å². The zero-order valence-electron chi connectivity index (χ0n) is 7.38. The molecule has 1 rings (SSSR count). The Hall–Kier alpha value is -1.10. The fourth-order valence-electron chi connectivity index (χ4n) is 0.964. The Morgan fingerprint density at radius 1 is 1.50 bits per heavy atom. The molecule has 0 unspecified atom stereocenters. The first kappa shape index (κ1) is 8.99. The van der Waals surface area contributed by atoms with Crippen molar-refractivity contribution < 1.29 is 14.4 Å². The summed E-state index contributed by atoms with van der Waals surface area (Å²) in [6.45, 7) is 5.28. The third-order valence-electron chi connectivity index (χ3n) is 1.58. The molecule has 1 heterocycles. The second kappa shape index (κ2) is 2.75. The minimum atomic E-state index is -0.841. The predicted molar refractivity (Wildman–Crippen MR) is 41.1 cm³/mol. The number of urea groups is 1. The molecule has 1 fully saturated rings. The van der Waals surface area contributed by atoms with Gasteiger partial charge in [-0.25, -0.2) is 4.79 Å². The molecule has 5 nitrogen and oxygen atoms in total. The largest absolute Gasteiger partial charge is 0.349 e. The van der Waals surface area contributed by atoms with Crippen molar-refractivity contribution in [2.24, 2.45) is 0 Å². The minimum absolute atomic E-state index is 0.301. The Kier molecular flexibility index (Phi) is 2.06. The zero-order chi connectivity index (χ0) is 9.35. The van der Waals surface area contributed by atoms with E-state index in [1.54, 1.807) is 20.8 Å². The van der Waals surface area contributed by atoms with Crippen LogP contribution in [-0.2, 0) is 9.63 Å². The summed E-state index contributed by atoms with van der Waals surface area (Å²) in [5, 5.41) is 3.25. The molecule has 0 aromatic heterocycles. The molecule has 0 bridgehead atoms. The minimum Gasteiger partial charge on any atom is -0.322 e. The molecule has 1 aliphatic heterocycles. The Balaban J connectivity index is 2.78. The van der Waals surface area contributed by atoms with E-state index in [1.807, 2.05) is 0 Å². The maximum atomic E-state index is 11.3. The number of hydrogen-bond acceptors (Lipinski definition) is 3. The molecule has 0 atom stereocenters. The normalized spacial score (nSPS) is 21.4. The molecule has 0 spiro atoms. The van der Waals surface area contributed by atoms with Gasteiger partial charge in [-0.3, -0.25) is 9.63 Å². The van der Waals surface area contributed by atoms with Crippen molar-refractivity contribution in [2.45, 2.75) is 26.3 Å². The lowest BCUT2D eigenvalue weighted by molar-refractivity contribution is -0.164. The maximum Gasteiger partial charge on any atom is 0.349 e. The van der Waals surface area contributed by atoms with Crippen LogP contribution in [0.4, 0.5) is 4.79 Å². The summed E-state index contributed by atoms with van der Waals surface area (Å²) in [7, 11) is 0. The molecule has 0 saturated carbocycles. The molecule has 1 N–H and O–H groups in total.